The molecule has 0 aliphatic rings. The van der Waals surface area contributed by atoms with Gasteiger partial charge in [0.05, 0.1) is 5.75 Å². The first-order valence-electron chi connectivity index (χ1n) is 4.08. The Morgan fingerprint density at radius 1 is 1.57 bits per heavy atom. The largest absolute Gasteiger partial charge is 0.229 e. The Kier molecular flexibility index (Phi) is 2.71. The van der Waals surface area contributed by atoms with Crippen LogP contribution in [-0.4, -0.2) is 15.7 Å². The van der Waals surface area contributed by atoms with Crippen LogP contribution in [0.3, 0.4) is 0 Å². The SMILES string of the molecule is C#CCSc1ncnc2sc(C)cc12. The Morgan fingerprint density at radius 3 is 3.21 bits per heavy atom. The smallest absolute Gasteiger partial charge is 0.128 e. The Balaban J connectivity index is 2.48. The Morgan fingerprint density at radius 2 is 2.43 bits per heavy atom. The molecule has 0 radical (unpaired) electrons. The number of hydrogen-bond acceptors (Lipinski definition) is 4. The molecular formula is C10H8N2S2. The molecule has 0 N–H and O–H groups in total. The standard InChI is InChI=1S/C10H8N2S2/c1-3-4-13-9-8-5-7(2)14-10(8)12-6-11-9/h1,5-6H,4H2,2H3. The van der Waals surface area contributed by atoms with E-state index in [9.17, 15) is 0 Å². The van der Waals surface area contributed by atoms with Crippen LogP contribution < -0.4 is 0 Å². The maximum Gasteiger partial charge on any atom is 0.128 e. The predicted octanol–water partition coefficient (Wildman–Crippen LogP) is 2.73. The molecule has 0 saturated heterocycles. The van der Waals surface area contributed by atoms with Crippen LogP contribution in [0.25, 0.3) is 10.2 Å². The van der Waals surface area contributed by atoms with E-state index in [1.54, 1.807) is 29.4 Å². The maximum absolute atomic E-state index is 5.21. The second kappa shape index (κ2) is 3.99. The molecule has 14 heavy (non-hydrogen) atoms. The Bertz CT molecular complexity index is 496. The first-order valence-corrected chi connectivity index (χ1v) is 5.89. The molecule has 0 aliphatic heterocycles. The number of hydrogen-bond donors (Lipinski definition) is 0. The quantitative estimate of drug-likeness (QED) is 0.442. The second-order valence-corrected chi connectivity index (χ2v) is 4.95. The minimum absolute atomic E-state index is 0.654. The lowest BCUT2D eigenvalue weighted by Gasteiger charge is -1.96. The summed E-state index contributed by atoms with van der Waals surface area (Å²) in [7, 11) is 0. The number of fused-ring (bicyclic) bond motifs is 1. The molecule has 70 valence electrons. The number of rotatable bonds is 2. The predicted molar refractivity (Wildman–Crippen MR) is 61.7 cm³/mol. The molecule has 0 aromatic carbocycles. The monoisotopic (exact) mass is 220 g/mol. The minimum Gasteiger partial charge on any atom is -0.229 e. The third kappa shape index (κ3) is 1.74. The molecule has 2 nitrogen and oxygen atoms in total. The van der Waals surface area contributed by atoms with Gasteiger partial charge in [0.25, 0.3) is 0 Å². The van der Waals surface area contributed by atoms with Gasteiger partial charge in [0.15, 0.2) is 0 Å². The van der Waals surface area contributed by atoms with E-state index in [1.807, 2.05) is 0 Å². The molecule has 4 heteroatoms. The van der Waals surface area contributed by atoms with E-state index in [-0.39, 0.29) is 0 Å². The van der Waals surface area contributed by atoms with Gasteiger partial charge in [-0.2, -0.15) is 0 Å². The van der Waals surface area contributed by atoms with Crippen molar-refractivity contribution in [3.05, 3.63) is 17.3 Å². The van der Waals surface area contributed by atoms with Crippen LogP contribution in [0.5, 0.6) is 0 Å². The summed E-state index contributed by atoms with van der Waals surface area (Å²) >= 11 is 3.27. The van der Waals surface area contributed by atoms with Crippen molar-refractivity contribution in [3.8, 4) is 12.3 Å². The lowest BCUT2D eigenvalue weighted by molar-refractivity contribution is 1.11. The molecular weight excluding hydrogens is 212 g/mol. The van der Waals surface area contributed by atoms with Crippen molar-refractivity contribution in [1.82, 2.24) is 9.97 Å². The maximum atomic E-state index is 5.21. The molecule has 2 aromatic rings. The van der Waals surface area contributed by atoms with Gasteiger partial charge in [-0.1, -0.05) is 17.7 Å². The van der Waals surface area contributed by atoms with Gasteiger partial charge >= 0.3 is 0 Å². The molecule has 2 heterocycles. The highest BCUT2D eigenvalue weighted by atomic mass is 32.2. The lowest BCUT2D eigenvalue weighted by atomic mass is 10.4. The highest BCUT2D eigenvalue weighted by Gasteiger charge is 2.06. The van der Waals surface area contributed by atoms with Crippen LogP contribution in [0.4, 0.5) is 0 Å². The third-order valence-corrected chi connectivity index (χ3v) is 3.58. The summed E-state index contributed by atoms with van der Waals surface area (Å²) in [6.45, 7) is 2.07. The average molecular weight is 220 g/mol. The molecule has 0 amide bonds. The molecule has 0 spiro atoms. The normalized spacial score (nSPS) is 10.3. The van der Waals surface area contributed by atoms with Gasteiger partial charge in [-0.25, -0.2) is 9.97 Å². The van der Waals surface area contributed by atoms with E-state index in [4.69, 9.17) is 6.42 Å². The van der Waals surface area contributed by atoms with Gasteiger partial charge < -0.3 is 0 Å². The first-order chi connectivity index (χ1) is 6.81. The highest BCUT2D eigenvalue weighted by Crippen LogP contribution is 2.29. The van der Waals surface area contributed by atoms with Gasteiger partial charge in [0.1, 0.15) is 16.2 Å². The van der Waals surface area contributed by atoms with Crippen LogP contribution in [0.1, 0.15) is 4.88 Å². The van der Waals surface area contributed by atoms with E-state index in [0.29, 0.717) is 5.75 Å². The van der Waals surface area contributed by atoms with Crippen LogP contribution in [0, 0.1) is 19.3 Å². The van der Waals surface area contributed by atoms with Gasteiger partial charge in [0.2, 0.25) is 0 Å². The number of thioether (sulfide) groups is 1. The molecule has 0 atom stereocenters. The third-order valence-electron chi connectivity index (χ3n) is 1.71. The van der Waals surface area contributed by atoms with E-state index in [1.165, 1.54) is 4.88 Å². The van der Waals surface area contributed by atoms with E-state index in [0.717, 1.165) is 15.2 Å². The number of thiophene rings is 1. The molecule has 0 unspecified atom stereocenters. The summed E-state index contributed by atoms with van der Waals surface area (Å²) in [4.78, 5) is 10.7. The van der Waals surface area contributed by atoms with Crippen LogP contribution in [0.15, 0.2) is 17.4 Å². The Labute approximate surface area is 90.8 Å². The van der Waals surface area contributed by atoms with Gasteiger partial charge in [-0.15, -0.1) is 17.8 Å². The van der Waals surface area contributed by atoms with Crippen LogP contribution >= 0.6 is 23.1 Å². The fourth-order valence-electron chi connectivity index (χ4n) is 1.18. The summed E-state index contributed by atoms with van der Waals surface area (Å²) in [6, 6.07) is 2.11. The molecule has 2 rings (SSSR count). The second-order valence-electron chi connectivity index (χ2n) is 2.75. The summed E-state index contributed by atoms with van der Waals surface area (Å²) in [5, 5.41) is 2.10. The van der Waals surface area contributed by atoms with Crippen molar-refractivity contribution in [2.45, 2.75) is 11.9 Å². The van der Waals surface area contributed by atoms with Crippen molar-refractivity contribution in [2.24, 2.45) is 0 Å². The summed E-state index contributed by atoms with van der Waals surface area (Å²) in [5.41, 5.74) is 0. The number of nitrogens with zero attached hydrogens (tertiary/aromatic N) is 2. The van der Waals surface area contributed by atoms with Crippen molar-refractivity contribution < 1.29 is 0 Å². The Hall–Kier alpha value is -1.05. The topological polar surface area (TPSA) is 25.8 Å². The number of terminal acetylenes is 1. The van der Waals surface area contributed by atoms with Crippen LogP contribution in [0.2, 0.25) is 0 Å². The first kappa shape index (κ1) is 9.50. The zero-order chi connectivity index (χ0) is 9.97. The zero-order valence-electron chi connectivity index (χ0n) is 7.65. The van der Waals surface area contributed by atoms with Crippen molar-refractivity contribution in [2.75, 3.05) is 5.75 Å². The zero-order valence-corrected chi connectivity index (χ0v) is 9.28. The van der Waals surface area contributed by atoms with Crippen molar-refractivity contribution >= 4 is 33.3 Å². The summed E-state index contributed by atoms with van der Waals surface area (Å²) < 4.78 is 0. The van der Waals surface area contributed by atoms with Gasteiger partial charge in [0, 0.05) is 10.3 Å². The highest BCUT2D eigenvalue weighted by molar-refractivity contribution is 7.99. The molecule has 2 aromatic heterocycles. The lowest BCUT2D eigenvalue weighted by Crippen LogP contribution is -1.83. The van der Waals surface area contributed by atoms with Crippen molar-refractivity contribution in [3.63, 3.8) is 0 Å². The summed E-state index contributed by atoms with van der Waals surface area (Å²) in [5.74, 6) is 3.25. The number of aryl methyl sites for hydroxylation is 1. The van der Waals surface area contributed by atoms with E-state index < -0.39 is 0 Å². The molecule has 0 fully saturated rings. The van der Waals surface area contributed by atoms with Gasteiger partial charge in [-0.3, -0.25) is 0 Å². The average Bonchev–Trinajstić information content (AvgIpc) is 2.55. The fraction of sp³-hybridized carbons (Fsp3) is 0.200. The fourth-order valence-corrected chi connectivity index (χ4v) is 2.74. The van der Waals surface area contributed by atoms with E-state index >= 15 is 0 Å². The summed E-state index contributed by atoms with van der Waals surface area (Å²) in [6.07, 6.45) is 6.81. The van der Waals surface area contributed by atoms with Crippen molar-refractivity contribution in [1.29, 1.82) is 0 Å². The van der Waals surface area contributed by atoms with E-state index in [2.05, 4.69) is 28.9 Å². The minimum atomic E-state index is 0.654. The van der Waals surface area contributed by atoms with Gasteiger partial charge in [-0.05, 0) is 13.0 Å². The van der Waals surface area contributed by atoms with Crippen LogP contribution in [-0.2, 0) is 0 Å². The number of aromatic nitrogens is 2. The molecule has 0 aliphatic carbocycles. The molecule has 0 bridgehead atoms. The molecule has 0 saturated carbocycles.